The number of rotatable bonds is 4. The molecule has 0 radical (unpaired) electrons. The summed E-state index contributed by atoms with van der Waals surface area (Å²) in [7, 11) is 0. The van der Waals surface area contributed by atoms with Gasteiger partial charge in [-0.25, -0.2) is 0 Å². The minimum Gasteiger partial charge on any atom is -0.398 e. The molecule has 0 heterocycles. The number of benzene rings is 1. The second-order valence-electron chi connectivity index (χ2n) is 3.63. The second kappa shape index (κ2) is 5.53. The summed E-state index contributed by atoms with van der Waals surface area (Å²) in [4.78, 5) is 11.6. The largest absolute Gasteiger partial charge is 0.398 e. The number of nitrogens with two attached hydrogens (primary N) is 1. The monoisotopic (exact) mass is 309 g/mol. The van der Waals surface area contributed by atoms with E-state index in [0.29, 0.717) is 15.7 Å². The lowest BCUT2D eigenvalue weighted by Crippen LogP contribution is -2.08. The van der Waals surface area contributed by atoms with E-state index < -0.39 is 12.6 Å². The van der Waals surface area contributed by atoms with E-state index in [9.17, 15) is 18.0 Å². The second-order valence-corrected chi connectivity index (χ2v) is 4.48. The quantitative estimate of drug-likeness (QED) is 0.676. The molecule has 2 nitrogen and oxygen atoms in total. The molecule has 0 spiro atoms. The van der Waals surface area contributed by atoms with Crippen LogP contribution in [0.1, 0.15) is 29.6 Å². The Kier molecular flexibility index (Phi) is 4.56. The van der Waals surface area contributed by atoms with E-state index in [4.69, 9.17) is 5.73 Å². The molecule has 0 aliphatic heterocycles. The maximum Gasteiger partial charge on any atom is 0.389 e. The standard InChI is InChI=1S/C11H11BrF3NO/c12-8-6-7(3-4-9(8)16)10(17)2-1-5-11(13,14)15/h3-4,6H,1-2,5,16H2. The Morgan fingerprint density at radius 2 is 2.00 bits per heavy atom. The first kappa shape index (κ1) is 14.0. The SMILES string of the molecule is Nc1ccc(C(=O)CCCC(F)(F)F)cc1Br. The summed E-state index contributed by atoms with van der Waals surface area (Å²) < 4.78 is 36.2. The first-order chi connectivity index (χ1) is 7.79. The van der Waals surface area contributed by atoms with E-state index in [0.717, 1.165) is 0 Å². The Hall–Kier alpha value is -1.04. The van der Waals surface area contributed by atoms with Crippen LogP contribution in [0.5, 0.6) is 0 Å². The lowest BCUT2D eigenvalue weighted by molar-refractivity contribution is -0.135. The van der Waals surface area contributed by atoms with Gasteiger partial charge in [0.1, 0.15) is 0 Å². The zero-order chi connectivity index (χ0) is 13.1. The number of ketones is 1. The first-order valence-electron chi connectivity index (χ1n) is 4.94. The van der Waals surface area contributed by atoms with Gasteiger partial charge < -0.3 is 5.73 Å². The molecule has 0 unspecified atom stereocenters. The van der Waals surface area contributed by atoms with Crippen molar-refractivity contribution in [2.24, 2.45) is 0 Å². The average Bonchev–Trinajstić information content (AvgIpc) is 2.20. The number of halogens is 4. The number of carbonyl (C=O) groups is 1. The van der Waals surface area contributed by atoms with Crippen molar-refractivity contribution in [3.8, 4) is 0 Å². The van der Waals surface area contributed by atoms with Gasteiger partial charge in [-0.1, -0.05) is 0 Å². The molecule has 0 aliphatic rings. The molecule has 0 atom stereocenters. The van der Waals surface area contributed by atoms with Crippen LogP contribution in [-0.2, 0) is 0 Å². The van der Waals surface area contributed by atoms with Gasteiger partial charge in [-0.05, 0) is 40.5 Å². The number of anilines is 1. The number of alkyl halides is 3. The molecule has 17 heavy (non-hydrogen) atoms. The fourth-order valence-corrected chi connectivity index (χ4v) is 1.67. The third-order valence-corrected chi connectivity index (χ3v) is 2.87. The maximum absolute atomic E-state index is 11.9. The van der Waals surface area contributed by atoms with Crippen molar-refractivity contribution in [3.05, 3.63) is 28.2 Å². The summed E-state index contributed by atoms with van der Waals surface area (Å²) in [6.45, 7) is 0. The van der Waals surface area contributed by atoms with Crippen LogP contribution in [0, 0.1) is 0 Å². The van der Waals surface area contributed by atoms with Crippen LogP contribution >= 0.6 is 15.9 Å². The Morgan fingerprint density at radius 1 is 1.35 bits per heavy atom. The number of Topliss-reactive ketones (excluding diaryl/α,β-unsaturated/α-hetero) is 1. The van der Waals surface area contributed by atoms with Gasteiger partial charge in [0.15, 0.2) is 5.78 Å². The van der Waals surface area contributed by atoms with Crippen LogP contribution < -0.4 is 5.73 Å². The fraction of sp³-hybridized carbons (Fsp3) is 0.364. The number of carbonyl (C=O) groups excluding carboxylic acids is 1. The highest BCUT2D eigenvalue weighted by Crippen LogP contribution is 2.24. The van der Waals surface area contributed by atoms with Crippen LogP contribution in [0.25, 0.3) is 0 Å². The number of hydrogen-bond acceptors (Lipinski definition) is 2. The molecule has 1 aromatic carbocycles. The summed E-state index contributed by atoms with van der Waals surface area (Å²) in [5.74, 6) is -0.310. The van der Waals surface area contributed by atoms with Crippen molar-refractivity contribution in [3.63, 3.8) is 0 Å². The highest BCUT2D eigenvalue weighted by Gasteiger charge is 2.26. The third-order valence-electron chi connectivity index (χ3n) is 2.19. The molecular formula is C11H11BrF3NO. The minimum atomic E-state index is -4.21. The normalized spacial score (nSPS) is 11.5. The minimum absolute atomic E-state index is 0.115. The predicted molar refractivity (Wildman–Crippen MR) is 62.8 cm³/mol. The van der Waals surface area contributed by atoms with Crippen molar-refractivity contribution in [2.75, 3.05) is 5.73 Å². The van der Waals surface area contributed by atoms with Gasteiger partial charge in [0.2, 0.25) is 0 Å². The van der Waals surface area contributed by atoms with Crippen molar-refractivity contribution >= 4 is 27.4 Å². The van der Waals surface area contributed by atoms with E-state index in [1.54, 1.807) is 6.07 Å². The fourth-order valence-electron chi connectivity index (χ4n) is 1.29. The first-order valence-corrected chi connectivity index (χ1v) is 5.74. The maximum atomic E-state index is 11.9. The summed E-state index contributed by atoms with van der Waals surface area (Å²) in [6.07, 6.45) is -5.45. The van der Waals surface area contributed by atoms with E-state index in [1.807, 2.05) is 0 Å². The molecule has 94 valence electrons. The summed E-state index contributed by atoms with van der Waals surface area (Å²) >= 11 is 3.16. The number of hydrogen-bond donors (Lipinski definition) is 1. The molecule has 0 fully saturated rings. The molecule has 0 aromatic heterocycles. The highest BCUT2D eigenvalue weighted by atomic mass is 79.9. The molecule has 0 saturated heterocycles. The van der Waals surface area contributed by atoms with E-state index in [1.165, 1.54) is 12.1 Å². The third kappa shape index (κ3) is 4.77. The van der Waals surface area contributed by atoms with E-state index in [-0.39, 0.29) is 18.6 Å². The summed E-state index contributed by atoms with van der Waals surface area (Å²) in [5.41, 5.74) is 6.39. The molecule has 1 rings (SSSR count). The van der Waals surface area contributed by atoms with Crippen molar-refractivity contribution in [1.82, 2.24) is 0 Å². The van der Waals surface area contributed by atoms with E-state index >= 15 is 0 Å². The van der Waals surface area contributed by atoms with Crippen LogP contribution in [0.4, 0.5) is 18.9 Å². The highest BCUT2D eigenvalue weighted by molar-refractivity contribution is 9.10. The van der Waals surface area contributed by atoms with Gasteiger partial charge in [-0.3, -0.25) is 4.79 Å². The predicted octanol–water partition coefficient (Wildman–Crippen LogP) is 3.95. The Labute approximate surface area is 105 Å². The summed E-state index contributed by atoms with van der Waals surface area (Å²) in [5, 5.41) is 0. The topological polar surface area (TPSA) is 43.1 Å². The van der Waals surface area contributed by atoms with E-state index in [2.05, 4.69) is 15.9 Å². The lowest BCUT2D eigenvalue weighted by Gasteiger charge is -2.06. The van der Waals surface area contributed by atoms with Crippen molar-refractivity contribution in [2.45, 2.75) is 25.4 Å². The molecule has 0 aliphatic carbocycles. The van der Waals surface area contributed by atoms with Gasteiger partial charge in [-0.15, -0.1) is 0 Å². The Bertz CT molecular complexity index is 418. The molecule has 0 amide bonds. The molecule has 6 heteroatoms. The van der Waals surface area contributed by atoms with Crippen molar-refractivity contribution < 1.29 is 18.0 Å². The van der Waals surface area contributed by atoms with Gasteiger partial charge in [-0.2, -0.15) is 13.2 Å². The van der Waals surface area contributed by atoms with Crippen LogP contribution in [0.15, 0.2) is 22.7 Å². The molecular weight excluding hydrogens is 299 g/mol. The molecule has 0 bridgehead atoms. The zero-order valence-corrected chi connectivity index (χ0v) is 10.4. The van der Waals surface area contributed by atoms with Crippen LogP contribution in [-0.4, -0.2) is 12.0 Å². The molecule has 1 aromatic rings. The molecule has 2 N–H and O–H groups in total. The summed E-state index contributed by atoms with van der Waals surface area (Å²) in [6, 6.07) is 4.57. The number of nitrogen functional groups attached to an aromatic ring is 1. The van der Waals surface area contributed by atoms with Gasteiger partial charge in [0.25, 0.3) is 0 Å². The van der Waals surface area contributed by atoms with Crippen LogP contribution in [0.2, 0.25) is 0 Å². The van der Waals surface area contributed by atoms with Gasteiger partial charge >= 0.3 is 6.18 Å². The van der Waals surface area contributed by atoms with Gasteiger partial charge in [0, 0.05) is 28.6 Å². The Balaban J connectivity index is 2.56. The van der Waals surface area contributed by atoms with Crippen molar-refractivity contribution in [1.29, 1.82) is 0 Å². The average molecular weight is 310 g/mol. The van der Waals surface area contributed by atoms with Crippen LogP contribution in [0.3, 0.4) is 0 Å². The lowest BCUT2D eigenvalue weighted by atomic mass is 10.1. The van der Waals surface area contributed by atoms with Gasteiger partial charge in [0.05, 0.1) is 0 Å². The smallest absolute Gasteiger partial charge is 0.389 e. The Morgan fingerprint density at radius 3 is 2.53 bits per heavy atom. The zero-order valence-electron chi connectivity index (χ0n) is 8.85. The molecule has 0 saturated carbocycles.